The fourth-order valence-corrected chi connectivity index (χ4v) is 4.25. The number of aromatic nitrogens is 3. The van der Waals surface area contributed by atoms with Gasteiger partial charge in [0.05, 0.1) is 18.9 Å². The molecule has 1 N–H and O–H groups in total. The Morgan fingerprint density at radius 1 is 1.44 bits per heavy atom. The molecular weight excluding hydrogens is 342 g/mol. The van der Waals surface area contributed by atoms with Gasteiger partial charge in [-0.1, -0.05) is 0 Å². The molecule has 0 aliphatic carbocycles. The lowest BCUT2D eigenvalue weighted by atomic mass is 10.0. The predicted molar refractivity (Wildman–Crippen MR) is 102 cm³/mol. The maximum atomic E-state index is 12.5. The summed E-state index contributed by atoms with van der Waals surface area (Å²) in [6, 6.07) is 3.94. The molecule has 2 aromatic rings. The van der Waals surface area contributed by atoms with E-state index in [-0.39, 0.29) is 11.9 Å². The first-order valence-corrected chi connectivity index (χ1v) is 9.95. The van der Waals surface area contributed by atoms with Crippen molar-refractivity contribution in [1.82, 2.24) is 24.6 Å². The van der Waals surface area contributed by atoms with E-state index in [0.717, 1.165) is 57.7 Å². The minimum Gasteiger partial charge on any atom is -0.376 e. The normalized spacial score (nSPS) is 20.4. The van der Waals surface area contributed by atoms with Crippen LogP contribution in [0.15, 0.2) is 18.3 Å². The third kappa shape index (κ3) is 3.80. The summed E-state index contributed by atoms with van der Waals surface area (Å²) < 4.78 is 9.67. The number of nitrogens with one attached hydrogen (secondary N) is 1. The molecule has 1 atom stereocenters. The topological polar surface area (TPSA) is 64.3 Å². The van der Waals surface area contributed by atoms with Crippen molar-refractivity contribution in [2.24, 2.45) is 7.05 Å². The lowest BCUT2D eigenvalue weighted by molar-refractivity contribution is 0.0890. The summed E-state index contributed by atoms with van der Waals surface area (Å²) in [4.78, 5) is 14.9. The summed E-state index contributed by atoms with van der Waals surface area (Å²) in [5.74, 6) is 0.00962. The highest BCUT2D eigenvalue weighted by Gasteiger charge is 2.26. The van der Waals surface area contributed by atoms with Crippen LogP contribution in [0.5, 0.6) is 0 Å². The Morgan fingerprint density at radius 3 is 3.11 bits per heavy atom. The fraction of sp³-hybridized carbons (Fsp3) is 0.600. The third-order valence-electron chi connectivity index (χ3n) is 5.67. The third-order valence-corrected chi connectivity index (χ3v) is 5.67. The maximum absolute atomic E-state index is 12.5. The molecule has 1 unspecified atom stereocenters. The lowest BCUT2D eigenvalue weighted by Gasteiger charge is -2.33. The van der Waals surface area contributed by atoms with Gasteiger partial charge in [0.15, 0.2) is 0 Å². The molecule has 0 bridgehead atoms. The number of likely N-dealkylation sites (tertiary alicyclic amines) is 1. The van der Waals surface area contributed by atoms with Crippen molar-refractivity contribution in [3.63, 3.8) is 0 Å². The molecule has 4 heterocycles. The van der Waals surface area contributed by atoms with Crippen LogP contribution in [-0.4, -0.2) is 50.9 Å². The van der Waals surface area contributed by atoms with E-state index in [1.54, 1.807) is 0 Å². The largest absolute Gasteiger partial charge is 0.376 e. The van der Waals surface area contributed by atoms with Crippen LogP contribution in [0.2, 0.25) is 0 Å². The highest BCUT2D eigenvalue weighted by atomic mass is 16.5. The lowest BCUT2D eigenvalue weighted by Crippen LogP contribution is -2.47. The standard InChI is InChI=1S/C20H29N5O2/c1-3-25-18-8-11-27-14-16(18)17(22-25)13-24-10-4-6-15(12-24)21-20(26)19-7-5-9-23(19)2/h5,7,9,15H,3-4,6,8,10-14H2,1-2H3,(H,21,26). The van der Waals surface area contributed by atoms with Gasteiger partial charge < -0.3 is 14.6 Å². The van der Waals surface area contributed by atoms with Crippen LogP contribution in [0.1, 0.15) is 47.2 Å². The molecule has 2 aliphatic heterocycles. The van der Waals surface area contributed by atoms with E-state index in [2.05, 4.69) is 21.8 Å². The van der Waals surface area contributed by atoms with Gasteiger partial charge in [0, 0.05) is 56.6 Å². The highest BCUT2D eigenvalue weighted by molar-refractivity contribution is 5.92. The number of nitrogens with zero attached hydrogens (tertiary/aromatic N) is 4. The number of carbonyl (C=O) groups is 1. The number of hydrogen-bond acceptors (Lipinski definition) is 4. The zero-order valence-electron chi connectivity index (χ0n) is 16.3. The molecular formula is C20H29N5O2. The Labute approximate surface area is 160 Å². The summed E-state index contributed by atoms with van der Waals surface area (Å²) in [7, 11) is 1.90. The number of amides is 1. The van der Waals surface area contributed by atoms with E-state index in [1.807, 2.05) is 29.9 Å². The molecule has 0 aromatic carbocycles. The fourth-order valence-electron chi connectivity index (χ4n) is 4.25. The van der Waals surface area contributed by atoms with Crippen LogP contribution < -0.4 is 5.32 Å². The number of carbonyl (C=O) groups excluding carboxylic acids is 1. The first kappa shape index (κ1) is 18.3. The molecule has 2 aliphatic rings. The van der Waals surface area contributed by atoms with Gasteiger partial charge in [0.2, 0.25) is 0 Å². The van der Waals surface area contributed by atoms with Gasteiger partial charge in [-0.2, -0.15) is 5.10 Å². The molecule has 7 nitrogen and oxygen atoms in total. The smallest absolute Gasteiger partial charge is 0.268 e. The molecule has 146 valence electrons. The summed E-state index contributed by atoms with van der Waals surface area (Å²) in [6.07, 6.45) is 4.96. The number of piperidine rings is 1. The van der Waals surface area contributed by atoms with Crippen molar-refractivity contribution in [1.29, 1.82) is 0 Å². The van der Waals surface area contributed by atoms with Gasteiger partial charge in [-0.3, -0.25) is 14.4 Å². The van der Waals surface area contributed by atoms with E-state index in [9.17, 15) is 4.79 Å². The van der Waals surface area contributed by atoms with Crippen LogP contribution in [0.3, 0.4) is 0 Å². The van der Waals surface area contributed by atoms with E-state index >= 15 is 0 Å². The second-order valence-electron chi connectivity index (χ2n) is 7.54. The van der Waals surface area contributed by atoms with Crippen molar-refractivity contribution in [3.8, 4) is 0 Å². The minimum atomic E-state index is 0.00962. The molecule has 0 radical (unpaired) electrons. The van der Waals surface area contributed by atoms with E-state index < -0.39 is 0 Å². The van der Waals surface area contributed by atoms with Crippen molar-refractivity contribution in [3.05, 3.63) is 41.0 Å². The SMILES string of the molecule is CCn1nc(CN2CCCC(NC(=O)c3cccn3C)C2)c2c1CCOC2. The van der Waals surface area contributed by atoms with E-state index in [0.29, 0.717) is 12.3 Å². The number of fused-ring (bicyclic) bond motifs is 1. The van der Waals surface area contributed by atoms with Crippen LogP contribution in [0, 0.1) is 0 Å². The molecule has 2 aromatic heterocycles. The highest BCUT2D eigenvalue weighted by Crippen LogP contribution is 2.23. The summed E-state index contributed by atoms with van der Waals surface area (Å²) >= 11 is 0. The monoisotopic (exact) mass is 371 g/mol. The molecule has 1 amide bonds. The van der Waals surface area contributed by atoms with Crippen molar-refractivity contribution >= 4 is 5.91 Å². The molecule has 1 fully saturated rings. The van der Waals surface area contributed by atoms with E-state index in [4.69, 9.17) is 9.84 Å². The summed E-state index contributed by atoms with van der Waals surface area (Å²) in [6.45, 7) is 7.24. The van der Waals surface area contributed by atoms with E-state index in [1.165, 1.54) is 11.3 Å². The van der Waals surface area contributed by atoms with Crippen LogP contribution >= 0.6 is 0 Å². The Hall–Kier alpha value is -2.12. The van der Waals surface area contributed by atoms with Gasteiger partial charge >= 0.3 is 0 Å². The molecule has 4 rings (SSSR count). The molecule has 0 saturated carbocycles. The van der Waals surface area contributed by atoms with Crippen LogP contribution in [0.4, 0.5) is 0 Å². The van der Waals surface area contributed by atoms with Crippen molar-refractivity contribution in [2.45, 2.75) is 51.9 Å². The molecule has 27 heavy (non-hydrogen) atoms. The van der Waals surface area contributed by atoms with Crippen molar-refractivity contribution in [2.75, 3.05) is 19.7 Å². The maximum Gasteiger partial charge on any atom is 0.268 e. The van der Waals surface area contributed by atoms with Gasteiger partial charge in [0.1, 0.15) is 5.69 Å². The first-order chi connectivity index (χ1) is 13.2. The van der Waals surface area contributed by atoms with Gasteiger partial charge in [-0.05, 0) is 38.4 Å². The van der Waals surface area contributed by atoms with Crippen LogP contribution in [-0.2, 0) is 37.9 Å². The molecule has 0 spiro atoms. The number of ether oxygens (including phenoxy) is 1. The number of hydrogen-bond donors (Lipinski definition) is 1. The summed E-state index contributed by atoms with van der Waals surface area (Å²) in [5, 5.41) is 8.05. The summed E-state index contributed by atoms with van der Waals surface area (Å²) in [5.41, 5.74) is 4.46. The Morgan fingerprint density at radius 2 is 2.33 bits per heavy atom. The number of rotatable bonds is 5. The second kappa shape index (κ2) is 7.86. The Kier molecular flexibility index (Phi) is 5.31. The van der Waals surface area contributed by atoms with Gasteiger partial charge in [-0.25, -0.2) is 0 Å². The zero-order chi connectivity index (χ0) is 18.8. The average Bonchev–Trinajstić information content (AvgIpc) is 3.26. The molecule has 1 saturated heterocycles. The number of aryl methyl sites for hydroxylation is 2. The minimum absolute atomic E-state index is 0.00962. The van der Waals surface area contributed by atoms with Crippen molar-refractivity contribution < 1.29 is 9.53 Å². The second-order valence-corrected chi connectivity index (χ2v) is 7.54. The molecule has 7 heteroatoms. The first-order valence-electron chi connectivity index (χ1n) is 9.95. The Balaban J connectivity index is 1.41. The van der Waals surface area contributed by atoms with Gasteiger partial charge in [-0.15, -0.1) is 0 Å². The average molecular weight is 371 g/mol. The zero-order valence-corrected chi connectivity index (χ0v) is 16.3. The van der Waals surface area contributed by atoms with Gasteiger partial charge in [0.25, 0.3) is 5.91 Å². The predicted octanol–water partition coefficient (Wildman–Crippen LogP) is 1.71. The Bertz CT molecular complexity index is 809. The van der Waals surface area contributed by atoms with Crippen LogP contribution in [0.25, 0.3) is 0 Å². The quantitative estimate of drug-likeness (QED) is 0.869.